The van der Waals surface area contributed by atoms with E-state index in [2.05, 4.69) is 15.3 Å². The Kier molecular flexibility index (Phi) is 3.06. The Morgan fingerprint density at radius 3 is 2.69 bits per heavy atom. The highest BCUT2D eigenvalue weighted by Crippen LogP contribution is 2.20. The number of alkyl halides is 2. The summed E-state index contributed by atoms with van der Waals surface area (Å²) in [6.45, 7) is 1.38. The SMILES string of the molecule is CC(Cl)(Cl)C(=O)Nc1cnccn1. The molecule has 0 atom stereocenters. The van der Waals surface area contributed by atoms with Gasteiger partial charge in [0, 0.05) is 12.4 Å². The molecule has 1 aromatic rings. The molecule has 0 bridgehead atoms. The summed E-state index contributed by atoms with van der Waals surface area (Å²) in [5.41, 5.74) is 0. The third kappa shape index (κ3) is 3.16. The van der Waals surface area contributed by atoms with Crippen molar-refractivity contribution in [1.82, 2.24) is 9.97 Å². The summed E-state index contributed by atoms with van der Waals surface area (Å²) in [6.07, 6.45) is 4.35. The average molecular weight is 220 g/mol. The molecule has 0 spiro atoms. The summed E-state index contributed by atoms with van der Waals surface area (Å²) in [7, 11) is 0. The Morgan fingerprint density at radius 1 is 1.54 bits per heavy atom. The maximum absolute atomic E-state index is 11.2. The van der Waals surface area contributed by atoms with E-state index >= 15 is 0 Å². The molecule has 4 nitrogen and oxygen atoms in total. The monoisotopic (exact) mass is 219 g/mol. The molecule has 0 radical (unpaired) electrons. The summed E-state index contributed by atoms with van der Waals surface area (Å²) in [5, 5.41) is 2.41. The predicted molar refractivity (Wildman–Crippen MR) is 50.8 cm³/mol. The fourth-order valence-electron chi connectivity index (χ4n) is 0.590. The van der Waals surface area contributed by atoms with Gasteiger partial charge < -0.3 is 5.32 Å². The second-order valence-electron chi connectivity index (χ2n) is 2.43. The van der Waals surface area contributed by atoms with Gasteiger partial charge >= 0.3 is 0 Å². The van der Waals surface area contributed by atoms with Crippen LogP contribution in [-0.4, -0.2) is 20.2 Å². The third-order valence-corrected chi connectivity index (χ3v) is 1.55. The molecule has 1 rings (SSSR count). The first-order chi connectivity index (χ1) is 6.00. The van der Waals surface area contributed by atoms with Crippen molar-refractivity contribution in [1.29, 1.82) is 0 Å². The quantitative estimate of drug-likeness (QED) is 0.770. The summed E-state index contributed by atoms with van der Waals surface area (Å²) < 4.78 is -1.46. The fraction of sp³-hybridized carbons (Fsp3) is 0.286. The second-order valence-corrected chi connectivity index (χ2v) is 4.14. The van der Waals surface area contributed by atoms with Gasteiger partial charge in [-0.15, -0.1) is 0 Å². The van der Waals surface area contributed by atoms with Gasteiger partial charge in [0.15, 0.2) is 10.2 Å². The minimum atomic E-state index is -1.46. The number of nitrogens with zero attached hydrogens (tertiary/aromatic N) is 2. The number of aromatic nitrogens is 2. The first-order valence-corrected chi connectivity index (χ1v) is 4.21. The minimum absolute atomic E-state index is 0.319. The van der Waals surface area contributed by atoms with Gasteiger partial charge in [0.25, 0.3) is 5.91 Å². The van der Waals surface area contributed by atoms with Gasteiger partial charge in [-0.25, -0.2) is 4.98 Å². The predicted octanol–water partition coefficient (Wildman–Crippen LogP) is 1.61. The standard InChI is InChI=1S/C7H7Cl2N3O/c1-7(8,9)6(13)12-5-4-10-2-3-11-5/h2-4H,1H3,(H,11,12,13). The molecule has 1 heterocycles. The van der Waals surface area contributed by atoms with E-state index in [1.165, 1.54) is 25.5 Å². The molecule has 0 saturated carbocycles. The Balaban J connectivity index is 2.66. The van der Waals surface area contributed by atoms with Crippen molar-refractivity contribution in [2.45, 2.75) is 11.3 Å². The molecule has 0 unspecified atom stereocenters. The van der Waals surface area contributed by atoms with Crippen LogP contribution in [0.4, 0.5) is 5.82 Å². The number of nitrogens with one attached hydrogen (secondary N) is 1. The van der Waals surface area contributed by atoms with E-state index in [1.807, 2.05) is 0 Å². The molecule has 1 N–H and O–H groups in total. The summed E-state index contributed by atoms with van der Waals surface area (Å²) >= 11 is 11.1. The lowest BCUT2D eigenvalue weighted by atomic mass is 10.4. The first-order valence-electron chi connectivity index (χ1n) is 3.45. The van der Waals surface area contributed by atoms with E-state index in [4.69, 9.17) is 23.2 Å². The molecule has 0 aliphatic rings. The minimum Gasteiger partial charge on any atom is -0.307 e. The Bertz CT molecular complexity index is 296. The lowest BCUT2D eigenvalue weighted by Gasteiger charge is -2.11. The maximum atomic E-state index is 11.2. The highest BCUT2D eigenvalue weighted by atomic mass is 35.5. The van der Waals surface area contributed by atoms with Crippen LogP contribution in [-0.2, 0) is 4.79 Å². The van der Waals surface area contributed by atoms with Crippen molar-refractivity contribution in [3.63, 3.8) is 0 Å². The van der Waals surface area contributed by atoms with Crippen molar-refractivity contribution in [3.05, 3.63) is 18.6 Å². The van der Waals surface area contributed by atoms with Gasteiger partial charge in [0.1, 0.15) is 0 Å². The van der Waals surface area contributed by atoms with Crippen molar-refractivity contribution in [2.75, 3.05) is 5.32 Å². The van der Waals surface area contributed by atoms with Crippen LogP contribution in [0, 0.1) is 0 Å². The van der Waals surface area contributed by atoms with Crippen LogP contribution in [0.1, 0.15) is 6.92 Å². The van der Waals surface area contributed by atoms with Crippen molar-refractivity contribution >= 4 is 34.9 Å². The van der Waals surface area contributed by atoms with Gasteiger partial charge in [-0.3, -0.25) is 9.78 Å². The van der Waals surface area contributed by atoms with Crippen LogP contribution in [0.5, 0.6) is 0 Å². The molecule has 13 heavy (non-hydrogen) atoms. The summed E-state index contributed by atoms with van der Waals surface area (Å²) in [5.74, 6) is -0.212. The number of carbonyl (C=O) groups excluding carboxylic acids is 1. The molecule has 0 aliphatic heterocycles. The highest BCUT2D eigenvalue weighted by Gasteiger charge is 2.27. The van der Waals surface area contributed by atoms with E-state index in [1.54, 1.807) is 0 Å². The molecular weight excluding hydrogens is 213 g/mol. The number of rotatable bonds is 2. The van der Waals surface area contributed by atoms with Crippen molar-refractivity contribution < 1.29 is 4.79 Å². The van der Waals surface area contributed by atoms with E-state index < -0.39 is 10.2 Å². The molecule has 70 valence electrons. The first kappa shape index (κ1) is 10.2. The summed E-state index contributed by atoms with van der Waals surface area (Å²) in [6, 6.07) is 0. The molecular formula is C7H7Cl2N3O. The summed E-state index contributed by atoms with van der Waals surface area (Å²) in [4.78, 5) is 18.8. The number of anilines is 1. The van der Waals surface area contributed by atoms with Crippen LogP contribution in [0.3, 0.4) is 0 Å². The van der Waals surface area contributed by atoms with Crippen molar-refractivity contribution in [2.24, 2.45) is 0 Å². The van der Waals surface area contributed by atoms with Gasteiger partial charge in [-0.1, -0.05) is 23.2 Å². The largest absolute Gasteiger partial charge is 0.307 e. The van der Waals surface area contributed by atoms with Crippen LogP contribution in [0.2, 0.25) is 0 Å². The molecule has 1 aromatic heterocycles. The number of hydrogen-bond acceptors (Lipinski definition) is 3. The molecule has 1 amide bonds. The molecule has 0 aromatic carbocycles. The zero-order chi connectivity index (χ0) is 9.90. The number of halogens is 2. The number of carbonyl (C=O) groups is 1. The second kappa shape index (κ2) is 3.89. The maximum Gasteiger partial charge on any atom is 0.261 e. The third-order valence-electron chi connectivity index (χ3n) is 1.20. The van der Waals surface area contributed by atoms with E-state index in [-0.39, 0.29) is 0 Å². The highest BCUT2D eigenvalue weighted by molar-refractivity contribution is 6.58. The normalized spacial score (nSPS) is 11.0. The van der Waals surface area contributed by atoms with Gasteiger partial charge in [0.2, 0.25) is 0 Å². The van der Waals surface area contributed by atoms with Gasteiger partial charge in [-0.05, 0) is 6.92 Å². The lowest BCUT2D eigenvalue weighted by molar-refractivity contribution is -0.116. The lowest BCUT2D eigenvalue weighted by Crippen LogP contribution is -2.29. The molecule has 6 heteroatoms. The van der Waals surface area contributed by atoms with Gasteiger partial charge in [-0.2, -0.15) is 0 Å². The zero-order valence-electron chi connectivity index (χ0n) is 6.79. The average Bonchev–Trinajstić information content (AvgIpc) is 2.04. The van der Waals surface area contributed by atoms with Crippen LogP contribution < -0.4 is 5.32 Å². The van der Waals surface area contributed by atoms with Crippen molar-refractivity contribution in [3.8, 4) is 0 Å². The molecule has 0 fully saturated rings. The van der Waals surface area contributed by atoms with Crippen LogP contribution in [0.25, 0.3) is 0 Å². The molecule has 0 aliphatic carbocycles. The van der Waals surface area contributed by atoms with Gasteiger partial charge in [0.05, 0.1) is 6.20 Å². The van der Waals surface area contributed by atoms with Crippen LogP contribution >= 0.6 is 23.2 Å². The fourth-order valence-corrected chi connectivity index (χ4v) is 0.684. The number of hydrogen-bond donors (Lipinski definition) is 1. The Morgan fingerprint density at radius 2 is 2.23 bits per heavy atom. The molecule has 0 saturated heterocycles. The number of amides is 1. The Labute approximate surface area is 85.3 Å². The van der Waals surface area contributed by atoms with E-state index in [9.17, 15) is 4.79 Å². The van der Waals surface area contributed by atoms with E-state index in [0.717, 1.165) is 0 Å². The van der Waals surface area contributed by atoms with E-state index in [0.29, 0.717) is 5.82 Å². The zero-order valence-corrected chi connectivity index (χ0v) is 8.30. The topological polar surface area (TPSA) is 54.9 Å². The Hall–Kier alpha value is -0.870. The smallest absolute Gasteiger partial charge is 0.261 e. The van der Waals surface area contributed by atoms with Crippen LogP contribution in [0.15, 0.2) is 18.6 Å².